The topological polar surface area (TPSA) is 98.7 Å². The van der Waals surface area contributed by atoms with Gasteiger partial charge in [0, 0.05) is 19.2 Å². The van der Waals surface area contributed by atoms with Gasteiger partial charge in [-0.15, -0.1) is 0 Å². The van der Waals surface area contributed by atoms with Crippen molar-refractivity contribution in [3.05, 3.63) is 54.1 Å². The molecule has 7 nitrogen and oxygen atoms in total. The van der Waals surface area contributed by atoms with E-state index in [1.165, 1.54) is 11.8 Å². The molecule has 0 aliphatic carbocycles. The first-order valence-corrected chi connectivity index (χ1v) is 9.10. The van der Waals surface area contributed by atoms with Crippen molar-refractivity contribution in [3.63, 3.8) is 0 Å². The third-order valence-corrected chi connectivity index (χ3v) is 4.89. The summed E-state index contributed by atoms with van der Waals surface area (Å²) in [6.45, 7) is 1.32. The van der Waals surface area contributed by atoms with Crippen molar-refractivity contribution in [3.8, 4) is 11.1 Å². The zero-order chi connectivity index (χ0) is 20.3. The number of carbonyl (C=O) groups excluding carboxylic acids is 3. The molecule has 0 spiro atoms. The summed E-state index contributed by atoms with van der Waals surface area (Å²) < 4.78 is 0. The zero-order valence-electron chi connectivity index (χ0n) is 15.8. The van der Waals surface area contributed by atoms with Crippen LogP contribution in [0.5, 0.6) is 0 Å². The van der Waals surface area contributed by atoms with E-state index in [1.54, 1.807) is 7.05 Å². The molecule has 3 rings (SSSR count). The minimum Gasteiger partial charge on any atom is -0.395 e. The van der Waals surface area contributed by atoms with E-state index in [-0.39, 0.29) is 19.1 Å². The quantitative estimate of drug-likeness (QED) is 0.679. The summed E-state index contributed by atoms with van der Waals surface area (Å²) >= 11 is 0. The number of amides is 3. The minimum absolute atomic E-state index is 0.0691. The van der Waals surface area contributed by atoms with Crippen molar-refractivity contribution in [2.75, 3.05) is 25.1 Å². The van der Waals surface area contributed by atoms with Crippen molar-refractivity contribution >= 4 is 23.4 Å². The zero-order valence-corrected chi connectivity index (χ0v) is 15.8. The van der Waals surface area contributed by atoms with Crippen LogP contribution in [0.4, 0.5) is 5.69 Å². The standard InChI is InChI=1S/C21H23N3O4/c1-13(19(26)22-11-12-25)20(27)23-18-16-9-4-3-7-14(16)15-8-5-6-10-17(15)24(2)21(18)28/h3-10,13,18,25H,11-12H2,1-2H3,(H,22,26)(H,23,27). The van der Waals surface area contributed by atoms with E-state index in [0.29, 0.717) is 5.56 Å². The smallest absolute Gasteiger partial charge is 0.253 e. The number of nitrogens with one attached hydrogen (secondary N) is 2. The maximum Gasteiger partial charge on any atom is 0.253 e. The highest BCUT2D eigenvalue weighted by Crippen LogP contribution is 2.39. The van der Waals surface area contributed by atoms with E-state index in [0.717, 1.165) is 16.8 Å². The van der Waals surface area contributed by atoms with E-state index in [9.17, 15) is 14.4 Å². The lowest BCUT2D eigenvalue weighted by molar-refractivity contribution is -0.136. The number of likely N-dealkylation sites (N-methyl/N-ethyl adjacent to an activating group) is 1. The molecule has 2 unspecified atom stereocenters. The van der Waals surface area contributed by atoms with E-state index in [4.69, 9.17) is 5.11 Å². The summed E-state index contributed by atoms with van der Waals surface area (Å²) in [5, 5.41) is 14.0. The first kappa shape index (κ1) is 19.6. The molecule has 0 radical (unpaired) electrons. The first-order chi connectivity index (χ1) is 13.5. The molecule has 1 heterocycles. The second kappa shape index (κ2) is 8.22. The maximum atomic E-state index is 13.1. The molecule has 0 saturated carbocycles. The van der Waals surface area contributed by atoms with Gasteiger partial charge in [0.15, 0.2) is 0 Å². The molecule has 146 valence electrons. The number of aliphatic hydroxyl groups is 1. The number of carbonyl (C=O) groups is 3. The van der Waals surface area contributed by atoms with Gasteiger partial charge in [-0.2, -0.15) is 0 Å². The summed E-state index contributed by atoms with van der Waals surface area (Å²) in [4.78, 5) is 39.4. The average molecular weight is 381 g/mol. The number of fused-ring (bicyclic) bond motifs is 3. The number of hydrogen-bond donors (Lipinski definition) is 3. The highest BCUT2D eigenvalue weighted by molar-refractivity contribution is 6.07. The second-order valence-corrected chi connectivity index (χ2v) is 6.68. The molecule has 1 aliphatic rings. The fourth-order valence-corrected chi connectivity index (χ4v) is 3.29. The molecule has 2 aromatic carbocycles. The minimum atomic E-state index is -0.998. The fourth-order valence-electron chi connectivity index (χ4n) is 3.29. The highest BCUT2D eigenvalue weighted by Gasteiger charge is 2.34. The Morgan fingerprint density at radius 2 is 1.71 bits per heavy atom. The number of rotatable bonds is 5. The van der Waals surface area contributed by atoms with Gasteiger partial charge in [-0.1, -0.05) is 42.5 Å². The van der Waals surface area contributed by atoms with Crippen LogP contribution in [0.15, 0.2) is 48.5 Å². The van der Waals surface area contributed by atoms with Crippen LogP contribution in [0.2, 0.25) is 0 Å². The summed E-state index contributed by atoms with van der Waals surface area (Å²) in [5.41, 5.74) is 3.20. The Hall–Kier alpha value is -3.19. The first-order valence-electron chi connectivity index (χ1n) is 9.10. The molecular weight excluding hydrogens is 358 g/mol. The molecule has 7 heteroatoms. The van der Waals surface area contributed by atoms with Gasteiger partial charge in [-0.3, -0.25) is 14.4 Å². The maximum absolute atomic E-state index is 13.1. The Balaban J connectivity index is 1.95. The van der Waals surface area contributed by atoms with Gasteiger partial charge in [0.25, 0.3) is 5.91 Å². The van der Waals surface area contributed by atoms with Crippen LogP contribution in [-0.4, -0.2) is 43.0 Å². The Labute approximate surface area is 163 Å². The van der Waals surface area contributed by atoms with Crippen molar-refractivity contribution in [2.45, 2.75) is 13.0 Å². The molecule has 3 N–H and O–H groups in total. The predicted octanol–water partition coefficient (Wildman–Crippen LogP) is 1.23. The van der Waals surface area contributed by atoms with Crippen LogP contribution < -0.4 is 15.5 Å². The number of nitrogens with zero attached hydrogens (tertiary/aromatic N) is 1. The van der Waals surface area contributed by atoms with Crippen LogP contribution in [0, 0.1) is 5.92 Å². The predicted molar refractivity (Wildman–Crippen MR) is 105 cm³/mol. The molecule has 0 saturated heterocycles. The monoisotopic (exact) mass is 381 g/mol. The molecule has 1 aliphatic heterocycles. The van der Waals surface area contributed by atoms with Crippen molar-refractivity contribution in [1.29, 1.82) is 0 Å². The summed E-state index contributed by atoms with van der Waals surface area (Å²) in [6.07, 6.45) is 0. The van der Waals surface area contributed by atoms with Gasteiger partial charge >= 0.3 is 0 Å². The van der Waals surface area contributed by atoms with Crippen molar-refractivity contribution in [1.82, 2.24) is 10.6 Å². The summed E-state index contributed by atoms with van der Waals surface area (Å²) in [5.74, 6) is -2.34. The number of para-hydroxylation sites is 1. The van der Waals surface area contributed by atoms with E-state index >= 15 is 0 Å². The molecule has 0 bridgehead atoms. The normalized spacial score (nSPS) is 16.5. The van der Waals surface area contributed by atoms with Gasteiger partial charge in [-0.25, -0.2) is 0 Å². The van der Waals surface area contributed by atoms with E-state index in [1.807, 2.05) is 48.5 Å². The van der Waals surface area contributed by atoms with Crippen molar-refractivity contribution in [2.24, 2.45) is 5.92 Å². The fraction of sp³-hybridized carbons (Fsp3) is 0.286. The molecule has 28 heavy (non-hydrogen) atoms. The third-order valence-electron chi connectivity index (χ3n) is 4.89. The average Bonchev–Trinajstić information content (AvgIpc) is 2.81. The van der Waals surface area contributed by atoms with Crippen LogP contribution in [0.3, 0.4) is 0 Å². The molecule has 2 aromatic rings. The molecule has 3 amide bonds. The van der Waals surface area contributed by atoms with E-state index < -0.39 is 23.8 Å². The van der Waals surface area contributed by atoms with Crippen molar-refractivity contribution < 1.29 is 19.5 Å². The molecule has 0 aromatic heterocycles. The van der Waals surface area contributed by atoms with Crippen LogP contribution >= 0.6 is 0 Å². The molecule has 0 fully saturated rings. The lowest BCUT2D eigenvalue weighted by Gasteiger charge is -2.24. The molecular formula is C21H23N3O4. The van der Waals surface area contributed by atoms with Gasteiger partial charge in [0.05, 0.1) is 12.3 Å². The van der Waals surface area contributed by atoms with Gasteiger partial charge in [0.2, 0.25) is 11.8 Å². The highest BCUT2D eigenvalue weighted by atomic mass is 16.3. The SMILES string of the molecule is CC(C(=O)NCCO)C(=O)NC1C(=O)N(C)c2ccccc2-c2ccccc21. The van der Waals surface area contributed by atoms with Gasteiger partial charge in [-0.05, 0) is 24.1 Å². The Morgan fingerprint density at radius 3 is 2.43 bits per heavy atom. The number of aliphatic hydroxyl groups excluding tert-OH is 1. The third kappa shape index (κ3) is 3.61. The van der Waals surface area contributed by atoms with Crippen LogP contribution in [0.25, 0.3) is 11.1 Å². The summed E-state index contributed by atoms with van der Waals surface area (Å²) in [7, 11) is 1.67. The lowest BCUT2D eigenvalue weighted by Crippen LogP contribution is -2.46. The second-order valence-electron chi connectivity index (χ2n) is 6.68. The van der Waals surface area contributed by atoms with Gasteiger partial charge in [0.1, 0.15) is 12.0 Å². The van der Waals surface area contributed by atoms with Crippen LogP contribution in [0.1, 0.15) is 18.5 Å². The number of anilines is 1. The number of benzene rings is 2. The Morgan fingerprint density at radius 1 is 1.07 bits per heavy atom. The van der Waals surface area contributed by atoms with Crippen LogP contribution in [-0.2, 0) is 14.4 Å². The Bertz CT molecular complexity index is 912. The largest absolute Gasteiger partial charge is 0.395 e. The molecule has 2 atom stereocenters. The Kier molecular flexibility index (Phi) is 5.75. The van der Waals surface area contributed by atoms with Gasteiger partial charge < -0.3 is 20.6 Å². The van der Waals surface area contributed by atoms with E-state index in [2.05, 4.69) is 10.6 Å². The number of hydrogen-bond acceptors (Lipinski definition) is 4. The summed E-state index contributed by atoms with van der Waals surface area (Å²) in [6, 6.07) is 14.1. The lowest BCUT2D eigenvalue weighted by atomic mass is 9.95.